The minimum Gasteiger partial charge on any atom is -0.361 e. The molecule has 1 aromatic heterocycles. The molecule has 3 heteroatoms. The first-order valence-electron chi connectivity index (χ1n) is 3.79. The first-order chi connectivity index (χ1) is 5.83. The second-order valence-electron chi connectivity index (χ2n) is 2.39. The van der Waals surface area contributed by atoms with Crippen LogP contribution in [0.3, 0.4) is 0 Å². The lowest BCUT2D eigenvalue weighted by Gasteiger charge is -1.90. The largest absolute Gasteiger partial charge is 0.361 e. The van der Waals surface area contributed by atoms with Crippen molar-refractivity contribution in [3.63, 3.8) is 0 Å². The lowest BCUT2D eigenvalue weighted by Crippen LogP contribution is -1.97. The van der Waals surface area contributed by atoms with E-state index in [1.165, 1.54) is 6.07 Å². The van der Waals surface area contributed by atoms with Gasteiger partial charge in [0.15, 0.2) is 5.43 Å². The highest BCUT2D eigenvalue weighted by Crippen LogP contribution is 1.95. The molecule has 0 saturated carbocycles. The third-order valence-corrected chi connectivity index (χ3v) is 1.65. The number of aromatic nitrogens is 1. The zero-order valence-corrected chi connectivity index (χ0v) is 7.55. The summed E-state index contributed by atoms with van der Waals surface area (Å²) >= 11 is 4.06. The summed E-state index contributed by atoms with van der Waals surface area (Å²) in [4.78, 5) is 13.8. The lowest BCUT2D eigenvalue weighted by atomic mass is 10.3. The number of pyridine rings is 1. The van der Waals surface area contributed by atoms with E-state index in [0.717, 1.165) is 17.9 Å². The summed E-state index contributed by atoms with van der Waals surface area (Å²) in [6.45, 7) is 0. The molecule has 0 amide bonds. The molecule has 1 N–H and O–H groups in total. The van der Waals surface area contributed by atoms with Crippen molar-refractivity contribution >= 4 is 18.7 Å². The summed E-state index contributed by atoms with van der Waals surface area (Å²) in [5, 5.41) is 0. The fourth-order valence-electron chi connectivity index (χ4n) is 0.844. The highest BCUT2D eigenvalue weighted by molar-refractivity contribution is 7.80. The van der Waals surface area contributed by atoms with Crippen molar-refractivity contribution in [1.29, 1.82) is 0 Å². The molecule has 12 heavy (non-hydrogen) atoms. The van der Waals surface area contributed by atoms with Gasteiger partial charge in [0.25, 0.3) is 0 Å². The Bertz CT molecular complexity index is 316. The van der Waals surface area contributed by atoms with E-state index in [-0.39, 0.29) is 5.43 Å². The van der Waals surface area contributed by atoms with Gasteiger partial charge >= 0.3 is 0 Å². The van der Waals surface area contributed by atoms with E-state index in [9.17, 15) is 4.79 Å². The molecule has 0 saturated heterocycles. The summed E-state index contributed by atoms with van der Waals surface area (Å²) in [5.41, 5.74) is 0.864. The number of nitrogens with one attached hydrogen (secondary N) is 1. The molecule has 0 spiro atoms. The molecule has 0 aromatic carbocycles. The van der Waals surface area contributed by atoms with E-state index < -0.39 is 0 Å². The van der Waals surface area contributed by atoms with E-state index in [1.54, 1.807) is 12.3 Å². The van der Waals surface area contributed by atoms with Gasteiger partial charge in [0.05, 0.1) is 0 Å². The quantitative estimate of drug-likeness (QED) is 0.684. The maximum atomic E-state index is 10.9. The maximum Gasteiger partial charge on any atom is 0.182 e. The standard InChI is InChI=1S/C9H11NOS/c11-9-4-5-10-8(7-9)3-1-2-6-12/h1,3-5,7,12H,2,6H2,(H,10,11). The number of H-pyrrole nitrogens is 1. The Hall–Kier alpha value is -0.960. The zero-order chi connectivity index (χ0) is 8.81. The van der Waals surface area contributed by atoms with Crippen molar-refractivity contribution in [3.8, 4) is 0 Å². The topological polar surface area (TPSA) is 32.9 Å². The van der Waals surface area contributed by atoms with Crippen molar-refractivity contribution in [2.24, 2.45) is 0 Å². The molecule has 2 nitrogen and oxygen atoms in total. The van der Waals surface area contributed by atoms with E-state index in [1.807, 2.05) is 12.2 Å². The smallest absolute Gasteiger partial charge is 0.182 e. The second kappa shape index (κ2) is 4.83. The van der Waals surface area contributed by atoms with Gasteiger partial charge in [-0.25, -0.2) is 0 Å². The van der Waals surface area contributed by atoms with Crippen LogP contribution in [0.1, 0.15) is 12.1 Å². The Labute approximate surface area is 76.7 Å². The molecule has 0 aliphatic carbocycles. The van der Waals surface area contributed by atoms with Gasteiger partial charge in [-0.2, -0.15) is 12.6 Å². The number of aromatic amines is 1. The number of hydrogen-bond acceptors (Lipinski definition) is 2. The number of hydrogen-bond donors (Lipinski definition) is 2. The first kappa shape index (κ1) is 9.13. The van der Waals surface area contributed by atoms with Crippen LogP contribution in [0.5, 0.6) is 0 Å². The van der Waals surface area contributed by atoms with Gasteiger partial charge in [0.2, 0.25) is 0 Å². The number of rotatable bonds is 3. The molecule has 0 fully saturated rings. The summed E-state index contributed by atoms with van der Waals surface area (Å²) in [6.07, 6.45) is 6.43. The lowest BCUT2D eigenvalue weighted by molar-refractivity contribution is 1.24. The van der Waals surface area contributed by atoms with Crippen molar-refractivity contribution in [3.05, 3.63) is 40.3 Å². The van der Waals surface area contributed by atoms with Crippen molar-refractivity contribution in [2.75, 3.05) is 5.75 Å². The van der Waals surface area contributed by atoms with Crippen LogP contribution in [-0.4, -0.2) is 10.7 Å². The minimum absolute atomic E-state index is 0.0271. The van der Waals surface area contributed by atoms with Gasteiger partial charge in [-0.3, -0.25) is 4.79 Å². The average molecular weight is 181 g/mol. The predicted molar refractivity (Wildman–Crippen MR) is 54.6 cm³/mol. The second-order valence-corrected chi connectivity index (χ2v) is 2.84. The number of allylic oxidation sites excluding steroid dienone is 1. The van der Waals surface area contributed by atoms with Crippen LogP contribution >= 0.6 is 12.6 Å². The maximum absolute atomic E-state index is 10.9. The van der Waals surface area contributed by atoms with E-state index in [4.69, 9.17) is 0 Å². The summed E-state index contributed by atoms with van der Waals surface area (Å²) in [7, 11) is 0. The predicted octanol–water partition coefficient (Wildman–Crippen LogP) is 1.71. The van der Waals surface area contributed by atoms with Gasteiger partial charge in [-0.1, -0.05) is 6.08 Å². The van der Waals surface area contributed by atoms with Crippen LogP contribution in [0.4, 0.5) is 0 Å². The van der Waals surface area contributed by atoms with Crippen LogP contribution in [-0.2, 0) is 0 Å². The Morgan fingerprint density at radius 3 is 3.08 bits per heavy atom. The van der Waals surface area contributed by atoms with Crippen molar-refractivity contribution in [2.45, 2.75) is 6.42 Å². The van der Waals surface area contributed by atoms with Crippen LogP contribution < -0.4 is 5.43 Å². The molecule has 1 heterocycles. The van der Waals surface area contributed by atoms with Gasteiger partial charge in [-0.15, -0.1) is 0 Å². The summed E-state index contributed by atoms with van der Waals surface area (Å²) in [5.74, 6) is 0.827. The van der Waals surface area contributed by atoms with Crippen molar-refractivity contribution in [1.82, 2.24) is 4.98 Å². The van der Waals surface area contributed by atoms with Crippen LogP contribution in [0.2, 0.25) is 0 Å². The summed E-state index contributed by atoms with van der Waals surface area (Å²) < 4.78 is 0. The molecule has 1 rings (SSSR count). The van der Waals surface area contributed by atoms with Crippen LogP contribution in [0, 0.1) is 0 Å². The van der Waals surface area contributed by atoms with Crippen LogP contribution in [0.25, 0.3) is 6.08 Å². The van der Waals surface area contributed by atoms with Gasteiger partial charge in [0, 0.05) is 24.0 Å². The molecule has 64 valence electrons. The minimum atomic E-state index is 0.0271. The molecule has 0 aliphatic rings. The molecule has 1 aromatic rings. The van der Waals surface area contributed by atoms with Gasteiger partial charge in [-0.05, 0) is 18.2 Å². The fourth-order valence-corrected chi connectivity index (χ4v) is 0.993. The monoisotopic (exact) mass is 181 g/mol. The highest BCUT2D eigenvalue weighted by Gasteiger charge is 1.85. The fraction of sp³-hybridized carbons (Fsp3) is 0.222. The Kier molecular flexibility index (Phi) is 3.67. The molecular formula is C9H11NOS. The average Bonchev–Trinajstić information content (AvgIpc) is 2.05. The molecule has 0 atom stereocenters. The SMILES string of the molecule is O=c1cc[nH]c(C=CCCS)c1. The third kappa shape index (κ3) is 2.96. The summed E-state index contributed by atoms with van der Waals surface area (Å²) in [6, 6.07) is 3.06. The molecule has 0 unspecified atom stereocenters. The molecule has 0 aliphatic heterocycles. The molecule has 0 bridgehead atoms. The number of thiol groups is 1. The molecule has 0 radical (unpaired) electrons. The molecular weight excluding hydrogens is 170 g/mol. The van der Waals surface area contributed by atoms with Crippen molar-refractivity contribution < 1.29 is 0 Å². The Balaban J connectivity index is 2.69. The first-order valence-corrected chi connectivity index (χ1v) is 4.42. The van der Waals surface area contributed by atoms with E-state index >= 15 is 0 Å². The van der Waals surface area contributed by atoms with Gasteiger partial charge < -0.3 is 4.98 Å². The third-order valence-electron chi connectivity index (χ3n) is 1.39. The van der Waals surface area contributed by atoms with Crippen LogP contribution in [0.15, 0.2) is 29.2 Å². The highest BCUT2D eigenvalue weighted by atomic mass is 32.1. The van der Waals surface area contributed by atoms with E-state index in [2.05, 4.69) is 17.6 Å². The Morgan fingerprint density at radius 2 is 2.42 bits per heavy atom. The van der Waals surface area contributed by atoms with E-state index in [0.29, 0.717) is 0 Å². The normalized spacial score (nSPS) is 10.8. The Morgan fingerprint density at radius 1 is 1.58 bits per heavy atom. The van der Waals surface area contributed by atoms with Gasteiger partial charge in [0.1, 0.15) is 0 Å². The zero-order valence-electron chi connectivity index (χ0n) is 6.66.